The van der Waals surface area contributed by atoms with Gasteiger partial charge >= 0.3 is 12.0 Å². The Labute approximate surface area is 145 Å². The third-order valence-corrected chi connectivity index (χ3v) is 4.09. The fourth-order valence-corrected chi connectivity index (χ4v) is 2.73. The van der Waals surface area contributed by atoms with Crippen LogP contribution in [0.5, 0.6) is 0 Å². The lowest BCUT2D eigenvalue weighted by molar-refractivity contribution is -0.384. The zero-order valence-electron chi connectivity index (χ0n) is 14.3. The summed E-state index contributed by atoms with van der Waals surface area (Å²) >= 11 is 0. The second-order valence-electron chi connectivity index (χ2n) is 5.59. The average molecular weight is 345 g/mol. The molecule has 2 amide bonds. The topological polar surface area (TPSA) is 93.0 Å². The molecule has 0 radical (unpaired) electrons. The molecule has 8 nitrogen and oxygen atoms in total. The third-order valence-electron chi connectivity index (χ3n) is 4.09. The first-order chi connectivity index (χ1) is 11.8. The molecule has 0 aliphatic carbocycles. The van der Waals surface area contributed by atoms with E-state index in [0.29, 0.717) is 11.3 Å². The summed E-state index contributed by atoms with van der Waals surface area (Å²) in [5.74, 6) is -0.597. The molecule has 1 atom stereocenters. The molecule has 1 aromatic carbocycles. The minimum Gasteiger partial charge on any atom is -0.458 e. The van der Waals surface area contributed by atoms with Crippen molar-refractivity contribution < 1.29 is 19.2 Å². The van der Waals surface area contributed by atoms with Crippen LogP contribution in [-0.2, 0) is 9.53 Å². The number of rotatable bonds is 5. The zero-order chi connectivity index (χ0) is 18.7. The number of nitrogens with zero attached hydrogens (tertiary/aromatic N) is 3. The van der Waals surface area contributed by atoms with E-state index in [-0.39, 0.29) is 23.9 Å². The van der Waals surface area contributed by atoms with Gasteiger partial charge in [0.2, 0.25) is 0 Å². The fourth-order valence-electron chi connectivity index (χ4n) is 2.73. The SMILES string of the molecule is C=CCOC(=O)C1=C(C)N(C)C(=O)N(C)C1c1cccc([N+](=O)[O-])c1. The van der Waals surface area contributed by atoms with Gasteiger partial charge in [-0.05, 0) is 12.5 Å². The molecular weight excluding hydrogens is 326 g/mol. The molecule has 1 aliphatic rings. The number of ether oxygens (including phenoxy) is 1. The lowest BCUT2D eigenvalue weighted by atomic mass is 9.93. The molecule has 0 bridgehead atoms. The van der Waals surface area contributed by atoms with Crippen molar-refractivity contribution in [3.8, 4) is 0 Å². The van der Waals surface area contributed by atoms with Crippen LogP contribution in [0.1, 0.15) is 18.5 Å². The molecule has 0 spiro atoms. The molecule has 8 heteroatoms. The van der Waals surface area contributed by atoms with Crippen LogP contribution in [0.2, 0.25) is 0 Å². The van der Waals surface area contributed by atoms with Gasteiger partial charge in [-0.3, -0.25) is 10.1 Å². The summed E-state index contributed by atoms with van der Waals surface area (Å²) < 4.78 is 5.15. The van der Waals surface area contributed by atoms with Crippen molar-refractivity contribution in [2.45, 2.75) is 13.0 Å². The van der Waals surface area contributed by atoms with Gasteiger partial charge in [-0.25, -0.2) is 9.59 Å². The Kier molecular flexibility index (Phi) is 5.21. The third kappa shape index (κ3) is 3.37. The molecule has 0 saturated heterocycles. The van der Waals surface area contributed by atoms with Crippen LogP contribution in [0.15, 0.2) is 48.2 Å². The van der Waals surface area contributed by atoms with E-state index < -0.39 is 16.9 Å². The monoisotopic (exact) mass is 345 g/mol. The predicted molar refractivity (Wildman–Crippen MR) is 90.6 cm³/mol. The number of carbonyl (C=O) groups excluding carboxylic acids is 2. The van der Waals surface area contributed by atoms with Crippen molar-refractivity contribution in [3.63, 3.8) is 0 Å². The van der Waals surface area contributed by atoms with Crippen molar-refractivity contribution in [3.05, 3.63) is 63.9 Å². The number of hydrogen-bond donors (Lipinski definition) is 0. The van der Waals surface area contributed by atoms with E-state index in [0.717, 1.165) is 0 Å². The molecule has 0 saturated carbocycles. The summed E-state index contributed by atoms with van der Waals surface area (Å²) in [5.41, 5.74) is 1.04. The van der Waals surface area contributed by atoms with Crippen molar-refractivity contribution in [1.82, 2.24) is 9.80 Å². The maximum absolute atomic E-state index is 12.5. The molecule has 2 rings (SSSR count). The molecule has 0 aromatic heterocycles. The minimum atomic E-state index is -0.777. The molecule has 0 fully saturated rings. The number of non-ortho nitro benzene ring substituents is 1. The van der Waals surface area contributed by atoms with Crippen LogP contribution in [0.4, 0.5) is 10.5 Å². The van der Waals surface area contributed by atoms with Gasteiger partial charge < -0.3 is 14.5 Å². The first kappa shape index (κ1) is 18.2. The Balaban J connectivity index is 2.59. The lowest BCUT2D eigenvalue weighted by Crippen LogP contribution is -2.47. The maximum atomic E-state index is 12.5. The number of allylic oxidation sites excluding steroid dienone is 1. The van der Waals surface area contributed by atoms with Crippen LogP contribution in [-0.4, -0.2) is 47.4 Å². The zero-order valence-corrected chi connectivity index (χ0v) is 14.3. The molecule has 132 valence electrons. The van der Waals surface area contributed by atoms with E-state index in [1.54, 1.807) is 20.0 Å². The number of nitro groups is 1. The Hall–Kier alpha value is -3.16. The highest BCUT2D eigenvalue weighted by Crippen LogP contribution is 2.37. The summed E-state index contributed by atoms with van der Waals surface area (Å²) in [4.78, 5) is 38.2. The van der Waals surface area contributed by atoms with E-state index in [4.69, 9.17) is 4.74 Å². The fraction of sp³-hybridized carbons (Fsp3) is 0.294. The number of amides is 2. The second kappa shape index (κ2) is 7.16. The van der Waals surface area contributed by atoms with Gasteiger partial charge in [0.05, 0.1) is 16.5 Å². The Morgan fingerprint density at radius 3 is 2.72 bits per heavy atom. The maximum Gasteiger partial charge on any atom is 0.338 e. The predicted octanol–water partition coefficient (Wildman–Crippen LogP) is 2.64. The van der Waals surface area contributed by atoms with Crippen LogP contribution in [0.3, 0.4) is 0 Å². The molecule has 1 heterocycles. The summed E-state index contributed by atoms with van der Waals surface area (Å²) in [6.07, 6.45) is 1.44. The van der Waals surface area contributed by atoms with Gasteiger partial charge in [-0.15, -0.1) is 0 Å². The van der Waals surface area contributed by atoms with Gasteiger partial charge in [0.15, 0.2) is 0 Å². The first-order valence-corrected chi connectivity index (χ1v) is 7.53. The van der Waals surface area contributed by atoms with Crippen LogP contribution in [0, 0.1) is 10.1 Å². The number of carbonyl (C=O) groups is 2. The number of benzene rings is 1. The summed E-state index contributed by atoms with van der Waals surface area (Å²) in [6.45, 7) is 5.17. The van der Waals surface area contributed by atoms with Gasteiger partial charge in [0, 0.05) is 31.9 Å². The number of nitro benzene ring substituents is 1. The summed E-state index contributed by atoms with van der Waals surface area (Å²) in [7, 11) is 3.09. The van der Waals surface area contributed by atoms with Crippen molar-refractivity contribution in [1.29, 1.82) is 0 Å². The highest BCUT2D eigenvalue weighted by Gasteiger charge is 2.39. The van der Waals surface area contributed by atoms with E-state index >= 15 is 0 Å². The van der Waals surface area contributed by atoms with Crippen molar-refractivity contribution in [2.24, 2.45) is 0 Å². The number of hydrogen-bond acceptors (Lipinski definition) is 5. The molecule has 1 unspecified atom stereocenters. The molecule has 0 N–H and O–H groups in total. The van der Waals surface area contributed by atoms with E-state index in [1.165, 1.54) is 41.1 Å². The van der Waals surface area contributed by atoms with Crippen LogP contribution < -0.4 is 0 Å². The van der Waals surface area contributed by atoms with Gasteiger partial charge in [0.25, 0.3) is 5.69 Å². The molecule has 1 aromatic rings. The molecule has 25 heavy (non-hydrogen) atoms. The van der Waals surface area contributed by atoms with Crippen molar-refractivity contribution in [2.75, 3.05) is 20.7 Å². The van der Waals surface area contributed by atoms with Crippen LogP contribution >= 0.6 is 0 Å². The summed E-state index contributed by atoms with van der Waals surface area (Å²) in [5, 5.41) is 11.1. The van der Waals surface area contributed by atoms with Crippen LogP contribution in [0.25, 0.3) is 0 Å². The van der Waals surface area contributed by atoms with Crippen molar-refractivity contribution >= 4 is 17.7 Å². The van der Waals surface area contributed by atoms with E-state index in [1.807, 2.05) is 0 Å². The van der Waals surface area contributed by atoms with Gasteiger partial charge in [0.1, 0.15) is 6.61 Å². The Morgan fingerprint density at radius 1 is 1.44 bits per heavy atom. The quantitative estimate of drug-likeness (QED) is 0.354. The Morgan fingerprint density at radius 2 is 2.12 bits per heavy atom. The van der Waals surface area contributed by atoms with E-state index in [9.17, 15) is 19.7 Å². The lowest BCUT2D eigenvalue weighted by Gasteiger charge is -2.39. The highest BCUT2D eigenvalue weighted by atomic mass is 16.6. The number of likely N-dealkylation sites (N-methyl/N-ethyl adjacent to an activating group) is 1. The number of esters is 1. The number of urea groups is 1. The molecular formula is C17H19N3O5. The smallest absolute Gasteiger partial charge is 0.338 e. The second-order valence-corrected chi connectivity index (χ2v) is 5.59. The molecule has 1 aliphatic heterocycles. The van der Waals surface area contributed by atoms with E-state index in [2.05, 4.69) is 6.58 Å². The average Bonchev–Trinajstić information content (AvgIpc) is 2.60. The first-order valence-electron chi connectivity index (χ1n) is 7.53. The highest BCUT2D eigenvalue weighted by molar-refractivity contribution is 5.95. The van der Waals surface area contributed by atoms with Gasteiger partial charge in [-0.2, -0.15) is 0 Å². The normalized spacial score (nSPS) is 17.6. The Bertz CT molecular complexity index is 771. The minimum absolute atomic E-state index is 0.0264. The van der Waals surface area contributed by atoms with Gasteiger partial charge in [-0.1, -0.05) is 24.8 Å². The standard InChI is InChI=1S/C17H19N3O5/c1-5-9-25-16(21)14-11(2)18(3)17(22)19(4)15(14)12-7-6-8-13(10-12)20(23)24/h5-8,10,15H,1,9H2,2-4H3. The largest absolute Gasteiger partial charge is 0.458 e. The summed E-state index contributed by atoms with van der Waals surface area (Å²) in [6, 6.07) is 4.77.